The number of aromatic nitrogens is 2. The van der Waals surface area contributed by atoms with Crippen LogP contribution in [0.15, 0.2) is 24.3 Å². The maximum atomic E-state index is 12.8. The maximum Gasteiger partial charge on any atom is 0.416 e. The average Bonchev–Trinajstić information content (AvgIpc) is 3.05. The van der Waals surface area contributed by atoms with Gasteiger partial charge in [-0.15, -0.1) is 0 Å². The van der Waals surface area contributed by atoms with E-state index in [1.54, 1.807) is 0 Å². The van der Waals surface area contributed by atoms with Gasteiger partial charge in [0.2, 0.25) is 5.88 Å². The Morgan fingerprint density at radius 1 is 1.28 bits per heavy atom. The predicted molar refractivity (Wildman–Crippen MR) is 100 cm³/mol. The van der Waals surface area contributed by atoms with Crippen molar-refractivity contribution in [3.8, 4) is 5.88 Å². The van der Waals surface area contributed by atoms with Crippen molar-refractivity contribution in [2.24, 2.45) is 0 Å². The van der Waals surface area contributed by atoms with Crippen LogP contribution in [0.3, 0.4) is 0 Å². The van der Waals surface area contributed by atoms with E-state index in [1.165, 1.54) is 24.1 Å². The lowest BCUT2D eigenvalue weighted by atomic mass is 9.99. The Labute approximate surface area is 166 Å². The lowest BCUT2D eigenvalue weighted by molar-refractivity contribution is -0.137. The minimum atomic E-state index is -4.38. The number of aryl methyl sites for hydroxylation is 1. The SMILES string of the molecule is COc1nc(C(C)C)n2c1C(CCc1ccc(C(F)(F)F)cc1)N(C(=O)O)CC2. The van der Waals surface area contributed by atoms with Crippen molar-refractivity contribution in [1.29, 1.82) is 0 Å². The number of alkyl halides is 3. The Balaban J connectivity index is 1.89. The van der Waals surface area contributed by atoms with Crippen molar-refractivity contribution in [1.82, 2.24) is 14.5 Å². The minimum absolute atomic E-state index is 0.143. The molecule has 0 saturated heterocycles. The highest BCUT2D eigenvalue weighted by molar-refractivity contribution is 5.66. The third kappa shape index (κ3) is 4.18. The van der Waals surface area contributed by atoms with E-state index in [0.29, 0.717) is 43.1 Å². The topological polar surface area (TPSA) is 67.6 Å². The molecule has 0 bridgehead atoms. The van der Waals surface area contributed by atoms with Gasteiger partial charge in [0, 0.05) is 19.0 Å². The van der Waals surface area contributed by atoms with E-state index in [1.807, 2.05) is 18.4 Å². The molecule has 0 fully saturated rings. The Morgan fingerprint density at radius 3 is 2.45 bits per heavy atom. The van der Waals surface area contributed by atoms with Crippen LogP contribution in [-0.2, 0) is 19.1 Å². The number of hydrogen-bond donors (Lipinski definition) is 1. The largest absolute Gasteiger partial charge is 0.480 e. The van der Waals surface area contributed by atoms with Crippen LogP contribution in [0.4, 0.5) is 18.0 Å². The lowest BCUT2D eigenvalue weighted by Crippen LogP contribution is -2.42. The van der Waals surface area contributed by atoms with Crippen molar-refractivity contribution in [2.75, 3.05) is 13.7 Å². The molecule has 2 aromatic rings. The van der Waals surface area contributed by atoms with Gasteiger partial charge in [0.25, 0.3) is 0 Å². The number of hydrogen-bond acceptors (Lipinski definition) is 3. The number of halogens is 3. The normalized spacial score (nSPS) is 16.8. The maximum absolute atomic E-state index is 12.8. The second kappa shape index (κ2) is 7.96. The number of imidazole rings is 1. The average molecular weight is 411 g/mol. The van der Waals surface area contributed by atoms with Gasteiger partial charge in [-0.25, -0.2) is 4.79 Å². The van der Waals surface area contributed by atoms with E-state index in [2.05, 4.69) is 4.98 Å². The first-order valence-electron chi connectivity index (χ1n) is 9.43. The second-order valence-electron chi connectivity index (χ2n) is 7.40. The van der Waals surface area contributed by atoms with Gasteiger partial charge in [-0.2, -0.15) is 18.2 Å². The molecule has 3 rings (SSSR count). The molecule has 1 aromatic heterocycles. The van der Waals surface area contributed by atoms with Crippen molar-refractivity contribution in [2.45, 2.75) is 51.4 Å². The fourth-order valence-corrected chi connectivity index (χ4v) is 3.81. The monoisotopic (exact) mass is 411 g/mol. The first kappa shape index (κ1) is 21.0. The molecular weight excluding hydrogens is 387 g/mol. The summed E-state index contributed by atoms with van der Waals surface area (Å²) in [5.41, 5.74) is 0.715. The lowest BCUT2D eigenvalue weighted by Gasteiger charge is -2.35. The summed E-state index contributed by atoms with van der Waals surface area (Å²) < 4.78 is 45.7. The summed E-state index contributed by atoms with van der Waals surface area (Å²) in [7, 11) is 1.50. The van der Waals surface area contributed by atoms with Gasteiger partial charge in [0.05, 0.1) is 18.7 Å². The third-order valence-corrected chi connectivity index (χ3v) is 5.20. The van der Waals surface area contributed by atoms with Crippen molar-refractivity contribution >= 4 is 6.09 Å². The molecule has 2 heterocycles. The van der Waals surface area contributed by atoms with Gasteiger partial charge in [0.1, 0.15) is 11.5 Å². The molecule has 0 saturated carbocycles. The summed E-state index contributed by atoms with van der Waals surface area (Å²) in [5.74, 6) is 1.38. The van der Waals surface area contributed by atoms with Crippen molar-refractivity contribution in [3.63, 3.8) is 0 Å². The number of methoxy groups -OCH3 is 1. The van der Waals surface area contributed by atoms with E-state index < -0.39 is 23.9 Å². The van der Waals surface area contributed by atoms with Crippen LogP contribution in [0, 0.1) is 0 Å². The molecule has 29 heavy (non-hydrogen) atoms. The summed E-state index contributed by atoms with van der Waals surface area (Å²) in [6, 6.07) is 4.48. The van der Waals surface area contributed by atoms with E-state index in [-0.39, 0.29) is 5.92 Å². The summed E-state index contributed by atoms with van der Waals surface area (Å²) in [5, 5.41) is 9.67. The van der Waals surface area contributed by atoms with Crippen molar-refractivity contribution < 1.29 is 27.8 Å². The molecule has 1 aromatic carbocycles. The Kier molecular flexibility index (Phi) is 5.77. The van der Waals surface area contributed by atoms with Crippen LogP contribution in [0.25, 0.3) is 0 Å². The zero-order chi connectivity index (χ0) is 21.3. The molecule has 6 nitrogen and oxygen atoms in total. The molecule has 1 unspecified atom stereocenters. The molecular formula is C20H24F3N3O3. The molecule has 0 radical (unpaired) electrons. The number of carboxylic acid groups (broad SMARTS) is 1. The summed E-state index contributed by atoms with van der Waals surface area (Å²) >= 11 is 0. The predicted octanol–water partition coefficient (Wildman–Crippen LogP) is 4.70. The van der Waals surface area contributed by atoms with E-state index in [9.17, 15) is 23.1 Å². The highest BCUT2D eigenvalue weighted by atomic mass is 19.4. The quantitative estimate of drug-likeness (QED) is 0.774. The van der Waals surface area contributed by atoms with Crippen LogP contribution >= 0.6 is 0 Å². The molecule has 1 N–H and O–H groups in total. The highest BCUT2D eigenvalue weighted by Crippen LogP contribution is 2.38. The highest BCUT2D eigenvalue weighted by Gasteiger charge is 2.36. The Bertz CT molecular complexity index is 876. The zero-order valence-electron chi connectivity index (χ0n) is 16.5. The molecule has 1 aliphatic heterocycles. The van der Waals surface area contributed by atoms with Crippen LogP contribution in [-0.4, -0.2) is 39.3 Å². The fraction of sp³-hybridized carbons (Fsp3) is 0.500. The molecule has 158 valence electrons. The smallest absolute Gasteiger partial charge is 0.416 e. The van der Waals surface area contributed by atoms with Crippen molar-refractivity contribution in [3.05, 3.63) is 46.9 Å². The zero-order valence-corrected chi connectivity index (χ0v) is 16.5. The van der Waals surface area contributed by atoms with E-state index in [0.717, 1.165) is 18.0 Å². The van der Waals surface area contributed by atoms with Crippen LogP contribution in [0.1, 0.15) is 54.9 Å². The summed E-state index contributed by atoms with van der Waals surface area (Å²) in [4.78, 5) is 17.7. The molecule has 0 aliphatic carbocycles. The third-order valence-electron chi connectivity index (χ3n) is 5.20. The fourth-order valence-electron chi connectivity index (χ4n) is 3.81. The standard InChI is InChI=1S/C20H24F3N3O3/c1-12(2)17-24-18(29-3)16-15(25(19(27)28)10-11-26(16)17)9-6-13-4-7-14(8-5-13)20(21,22)23/h4-5,7-8,12,15H,6,9-11H2,1-3H3,(H,27,28). The molecule has 1 aliphatic rings. The first-order valence-corrected chi connectivity index (χ1v) is 9.43. The number of rotatable bonds is 5. The Hall–Kier alpha value is -2.71. The van der Waals surface area contributed by atoms with E-state index in [4.69, 9.17) is 4.74 Å². The summed E-state index contributed by atoms with van der Waals surface area (Å²) in [6.45, 7) is 4.83. The van der Waals surface area contributed by atoms with Gasteiger partial charge in [-0.1, -0.05) is 26.0 Å². The van der Waals surface area contributed by atoms with Gasteiger partial charge in [0.15, 0.2) is 0 Å². The first-order chi connectivity index (χ1) is 13.6. The molecule has 1 amide bonds. The number of ether oxygens (including phenoxy) is 1. The van der Waals surface area contributed by atoms with Crippen LogP contribution in [0.2, 0.25) is 0 Å². The number of fused-ring (bicyclic) bond motifs is 1. The number of benzene rings is 1. The van der Waals surface area contributed by atoms with Gasteiger partial charge < -0.3 is 14.4 Å². The number of amides is 1. The van der Waals surface area contributed by atoms with Crippen LogP contribution in [0.5, 0.6) is 5.88 Å². The van der Waals surface area contributed by atoms with Gasteiger partial charge in [-0.05, 0) is 30.5 Å². The number of carbonyl (C=O) groups is 1. The molecule has 0 spiro atoms. The van der Waals surface area contributed by atoms with Gasteiger partial charge >= 0.3 is 12.3 Å². The van der Waals surface area contributed by atoms with E-state index >= 15 is 0 Å². The second-order valence-corrected chi connectivity index (χ2v) is 7.40. The Morgan fingerprint density at radius 2 is 1.93 bits per heavy atom. The number of nitrogens with zero attached hydrogens (tertiary/aromatic N) is 3. The van der Waals surface area contributed by atoms with Gasteiger partial charge in [-0.3, -0.25) is 4.90 Å². The summed E-state index contributed by atoms with van der Waals surface area (Å²) in [6.07, 6.45) is -4.58. The molecule has 9 heteroatoms. The van der Waals surface area contributed by atoms with Crippen LogP contribution < -0.4 is 4.74 Å². The minimum Gasteiger partial charge on any atom is -0.480 e. The molecule has 1 atom stereocenters.